The van der Waals surface area contributed by atoms with Crippen LogP contribution in [0.15, 0.2) is 79.5 Å². The fourth-order valence-electron chi connectivity index (χ4n) is 4.41. The highest BCUT2D eigenvalue weighted by Crippen LogP contribution is 2.46. The van der Waals surface area contributed by atoms with Crippen LogP contribution in [0.1, 0.15) is 58.3 Å². The van der Waals surface area contributed by atoms with Crippen LogP contribution in [0.2, 0.25) is 0 Å². The molecule has 1 fully saturated rings. The van der Waals surface area contributed by atoms with Crippen molar-refractivity contribution in [1.29, 1.82) is 0 Å². The van der Waals surface area contributed by atoms with E-state index < -0.39 is 6.36 Å². The summed E-state index contributed by atoms with van der Waals surface area (Å²) in [5.74, 6) is 0.840. The Bertz CT molecular complexity index is 1510. The number of aryl methyl sites for hydroxylation is 1. The minimum atomic E-state index is -4.67. The van der Waals surface area contributed by atoms with Gasteiger partial charge in [-0.3, -0.25) is 0 Å². The van der Waals surface area contributed by atoms with Gasteiger partial charge in [-0.05, 0) is 67.3 Å². The molecule has 3 aromatic carbocycles. The van der Waals surface area contributed by atoms with Gasteiger partial charge < -0.3 is 14.8 Å². The number of methoxy groups -OCH3 is 1. The molecule has 0 saturated heterocycles. The van der Waals surface area contributed by atoms with Crippen molar-refractivity contribution in [1.82, 2.24) is 4.98 Å². The third kappa shape index (κ3) is 7.40. The second-order valence-corrected chi connectivity index (χ2v) is 9.75. The van der Waals surface area contributed by atoms with Crippen LogP contribution in [0.25, 0.3) is 16.3 Å². The zero-order chi connectivity index (χ0) is 28.9. The van der Waals surface area contributed by atoms with Gasteiger partial charge in [-0.2, -0.15) is 0 Å². The maximum Gasteiger partial charge on any atom is 0.573 e. The van der Waals surface area contributed by atoms with Crippen molar-refractivity contribution >= 4 is 28.1 Å². The standard InChI is InChI=1S/C20H17F3N2O.C12H14O2/c21-20(22,23)26-16-9-5-13(6-10-16)11-24-19-18(14-7-8-14)17-4-2-1-3-15(17)12-25-19;1-8(2)11-7-9(3)5-6-10(11)12(13)14-4/h1-6,9-10,12,14H,7-8,11H2,(H,24,25);5-7H,1H2,2-4H3. The van der Waals surface area contributed by atoms with Gasteiger partial charge in [0.05, 0.1) is 12.7 Å². The number of anilines is 1. The minimum absolute atomic E-state index is 0.219. The Hall–Kier alpha value is -4.33. The molecule has 0 bridgehead atoms. The van der Waals surface area contributed by atoms with E-state index in [0.29, 0.717) is 18.0 Å². The predicted octanol–water partition coefficient (Wildman–Crippen LogP) is 8.44. The molecule has 0 spiro atoms. The van der Waals surface area contributed by atoms with Crippen LogP contribution >= 0.6 is 0 Å². The molecular weight excluding hydrogens is 517 g/mol. The second-order valence-electron chi connectivity index (χ2n) is 9.75. The number of aromatic nitrogens is 1. The van der Waals surface area contributed by atoms with Crippen LogP contribution in [0.5, 0.6) is 5.75 Å². The summed E-state index contributed by atoms with van der Waals surface area (Å²) < 4.78 is 45.2. The number of fused-ring (bicyclic) bond motifs is 1. The Morgan fingerprint density at radius 1 is 1.05 bits per heavy atom. The molecule has 1 heterocycles. The normalized spacial score (nSPS) is 12.8. The topological polar surface area (TPSA) is 60.5 Å². The van der Waals surface area contributed by atoms with Crippen LogP contribution in [0, 0.1) is 6.92 Å². The molecule has 0 aliphatic heterocycles. The first-order valence-electron chi connectivity index (χ1n) is 12.9. The lowest BCUT2D eigenvalue weighted by Crippen LogP contribution is -2.17. The summed E-state index contributed by atoms with van der Waals surface area (Å²) in [5, 5.41) is 5.67. The molecule has 0 unspecified atom stereocenters. The van der Waals surface area contributed by atoms with Gasteiger partial charge in [-0.15, -0.1) is 13.2 Å². The molecule has 0 atom stereocenters. The van der Waals surface area contributed by atoms with Crippen molar-refractivity contribution in [3.8, 4) is 5.75 Å². The number of hydrogen-bond acceptors (Lipinski definition) is 5. The van der Waals surface area contributed by atoms with E-state index in [1.54, 1.807) is 18.2 Å². The lowest BCUT2D eigenvalue weighted by molar-refractivity contribution is -0.274. The number of halogens is 3. The summed E-state index contributed by atoms with van der Waals surface area (Å²) in [6.07, 6.45) is -0.501. The van der Waals surface area contributed by atoms with Crippen LogP contribution < -0.4 is 10.1 Å². The predicted molar refractivity (Wildman–Crippen MR) is 151 cm³/mol. The summed E-state index contributed by atoms with van der Waals surface area (Å²) >= 11 is 0. The van der Waals surface area contributed by atoms with Gasteiger partial charge in [-0.1, -0.05) is 66.2 Å². The summed E-state index contributed by atoms with van der Waals surface area (Å²) in [7, 11) is 1.38. The molecule has 8 heteroatoms. The Balaban J connectivity index is 0.000000224. The SMILES string of the molecule is C=C(C)c1cc(C)ccc1C(=O)OC.FC(F)(F)Oc1ccc(CNc2ncc3ccccc3c2C2CC2)cc1. The fraction of sp³-hybridized carbons (Fsp3) is 0.250. The number of hydrogen-bond donors (Lipinski definition) is 1. The van der Waals surface area contributed by atoms with Gasteiger partial charge >= 0.3 is 12.3 Å². The molecule has 40 heavy (non-hydrogen) atoms. The number of nitrogens with one attached hydrogen (secondary N) is 1. The third-order valence-electron chi connectivity index (χ3n) is 6.48. The lowest BCUT2D eigenvalue weighted by Gasteiger charge is -2.14. The Morgan fingerprint density at radius 2 is 1.75 bits per heavy atom. The Morgan fingerprint density at radius 3 is 2.38 bits per heavy atom. The van der Waals surface area contributed by atoms with Gasteiger partial charge in [0.1, 0.15) is 11.6 Å². The van der Waals surface area contributed by atoms with Gasteiger partial charge in [0.15, 0.2) is 0 Å². The van der Waals surface area contributed by atoms with Crippen LogP contribution in [-0.4, -0.2) is 24.4 Å². The van der Waals surface area contributed by atoms with Crippen molar-refractivity contribution in [2.45, 2.75) is 45.5 Å². The lowest BCUT2D eigenvalue weighted by atomic mass is 9.99. The van der Waals surface area contributed by atoms with Crippen LogP contribution in [-0.2, 0) is 11.3 Å². The Labute approximate surface area is 231 Å². The van der Waals surface area contributed by atoms with Crippen molar-refractivity contribution in [2.24, 2.45) is 0 Å². The molecule has 0 amide bonds. The van der Waals surface area contributed by atoms with E-state index >= 15 is 0 Å². The van der Waals surface area contributed by atoms with Gasteiger partial charge in [0.2, 0.25) is 0 Å². The Kier molecular flexibility index (Phi) is 8.77. The highest BCUT2D eigenvalue weighted by molar-refractivity contribution is 5.95. The molecular formula is C32H31F3N2O3. The maximum absolute atomic E-state index is 12.2. The molecule has 1 aromatic heterocycles. The van der Waals surface area contributed by atoms with E-state index in [2.05, 4.69) is 38.5 Å². The van der Waals surface area contributed by atoms with Crippen LogP contribution in [0.4, 0.5) is 19.0 Å². The number of esters is 1. The monoisotopic (exact) mass is 548 g/mol. The van der Waals surface area contributed by atoms with Gasteiger partial charge in [-0.25, -0.2) is 9.78 Å². The first-order chi connectivity index (χ1) is 19.1. The van der Waals surface area contributed by atoms with E-state index in [4.69, 9.17) is 0 Å². The largest absolute Gasteiger partial charge is 0.573 e. The van der Waals surface area contributed by atoms with E-state index in [1.807, 2.05) is 44.3 Å². The molecule has 1 aliphatic carbocycles. The molecule has 5 nitrogen and oxygen atoms in total. The number of nitrogens with zero attached hydrogens (tertiary/aromatic N) is 1. The summed E-state index contributed by atoms with van der Waals surface area (Å²) in [5.41, 5.74) is 5.50. The number of benzene rings is 3. The first-order valence-corrected chi connectivity index (χ1v) is 12.9. The fourth-order valence-corrected chi connectivity index (χ4v) is 4.41. The van der Waals surface area contributed by atoms with E-state index in [9.17, 15) is 18.0 Å². The van der Waals surface area contributed by atoms with E-state index in [0.717, 1.165) is 46.3 Å². The highest BCUT2D eigenvalue weighted by atomic mass is 19.4. The van der Waals surface area contributed by atoms with Gasteiger partial charge in [0, 0.05) is 23.7 Å². The zero-order valence-corrected chi connectivity index (χ0v) is 22.6. The molecule has 4 aromatic rings. The quantitative estimate of drug-likeness (QED) is 0.235. The minimum Gasteiger partial charge on any atom is -0.465 e. The summed E-state index contributed by atoms with van der Waals surface area (Å²) in [6.45, 7) is 8.18. The number of pyridine rings is 1. The number of ether oxygens (including phenoxy) is 2. The summed E-state index contributed by atoms with van der Waals surface area (Å²) in [4.78, 5) is 16.0. The van der Waals surface area contributed by atoms with Crippen molar-refractivity contribution in [3.05, 3.63) is 107 Å². The molecule has 5 rings (SSSR count). The average Bonchev–Trinajstić information content (AvgIpc) is 3.76. The van der Waals surface area contributed by atoms with Crippen molar-refractivity contribution in [2.75, 3.05) is 12.4 Å². The zero-order valence-electron chi connectivity index (χ0n) is 22.6. The number of alkyl halides is 3. The van der Waals surface area contributed by atoms with Crippen molar-refractivity contribution in [3.63, 3.8) is 0 Å². The maximum atomic E-state index is 12.2. The molecule has 208 valence electrons. The molecule has 0 radical (unpaired) electrons. The first kappa shape index (κ1) is 28.7. The molecule has 1 saturated carbocycles. The third-order valence-corrected chi connectivity index (χ3v) is 6.48. The molecule has 1 aliphatic rings. The summed E-state index contributed by atoms with van der Waals surface area (Å²) in [6, 6.07) is 19.7. The second kappa shape index (κ2) is 12.2. The smallest absolute Gasteiger partial charge is 0.465 e. The number of carbonyl (C=O) groups excluding carboxylic acids is 1. The van der Waals surface area contributed by atoms with Crippen LogP contribution in [0.3, 0.4) is 0 Å². The van der Waals surface area contributed by atoms with E-state index in [-0.39, 0.29) is 11.7 Å². The number of allylic oxidation sites excluding steroid dienone is 1. The average molecular weight is 549 g/mol. The van der Waals surface area contributed by atoms with E-state index in [1.165, 1.54) is 30.2 Å². The number of carbonyl (C=O) groups is 1. The highest BCUT2D eigenvalue weighted by Gasteiger charge is 2.31. The van der Waals surface area contributed by atoms with Gasteiger partial charge in [0.25, 0.3) is 0 Å². The van der Waals surface area contributed by atoms with Crippen molar-refractivity contribution < 1.29 is 27.4 Å². The molecule has 1 N–H and O–H groups in total. The number of rotatable bonds is 7.